The highest BCUT2D eigenvalue weighted by Gasteiger charge is 2.39. The molecule has 0 aliphatic heterocycles. The molecule has 5 rings (SSSR count). The summed E-state index contributed by atoms with van der Waals surface area (Å²) in [5.41, 5.74) is -13.7. The molecule has 0 aliphatic rings. The number of halogens is 12. The molecule has 414 valence electrons. The first kappa shape index (κ1) is 65.8. The fraction of sp³-hybridized carbons (Fsp3) is 0.316. The smallest absolute Gasteiger partial charge is 0.485 e. The molecule has 0 spiro atoms. The van der Waals surface area contributed by atoms with Gasteiger partial charge in [0.25, 0.3) is 22.7 Å². The van der Waals surface area contributed by atoms with Crippen LogP contribution in [0.1, 0.15) is 0 Å². The normalized spacial score (nSPS) is 12.2. The Bertz CT molecular complexity index is 2680. The molecule has 0 fully saturated rings. The monoisotopic (exact) mass is 1160 g/mol. The molecule has 0 atom stereocenters. The van der Waals surface area contributed by atoms with E-state index in [4.69, 9.17) is 51.9 Å². The molecule has 74 heavy (non-hydrogen) atoms. The highest BCUT2D eigenvalue weighted by Crippen LogP contribution is 2.24. The number of nitrogens with zero attached hydrogens (tertiary/aromatic N) is 8. The minimum Gasteiger partial charge on any atom is -0.741 e. The summed E-state index contributed by atoms with van der Waals surface area (Å²) in [5, 5.41) is 0. The van der Waals surface area contributed by atoms with Crippen LogP contribution in [-0.2, 0) is 40.5 Å². The highest BCUT2D eigenvalue weighted by molar-refractivity contribution is 7.87. The molecule has 0 saturated carbocycles. The van der Waals surface area contributed by atoms with Crippen molar-refractivity contribution in [1.29, 1.82) is 0 Å². The van der Waals surface area contributed by atoms with E-state index >= 15 is 0 Å². The van der Waals surface area contributed by atoms with Crippen LogP contribution in [0.4, 0.5) is 75.4 Å². The van der Waals surface area contributed by atoms with Crippen LogP contribution in [0.5, 0.6) is 0 Å². The second-order valence-corrected chi connectivity index (χ2v) is 20.3. The second-order valence-electron chi connectivity index (χ2n) is 14.9. The van der Waals surface area contributed by atoms with Crippen LogP contribution in [-0.4, -0.2) is 130 Å². The van der Waals surface area contributed by atoms with Crippen LogP contribution in [0, 0.1) is 0 Å². The van der Waals surface area contributed by atoms with E-state index in [0.29, 0.717) is 0 Å². The van der Waals surface area contributed by atoms with Gasteiger partial charge in [-0.3, -0.25) is 0 Å². The third-order valence-corrected chi connectivity index (χ3v) is 10.9. The van der Waals surface area contributed by atoms with Gasteiger partial charge in [0.05, 0.1) is 12.1 Å². The van der Waals surface area contributed by atoms with E-state index in [1.165, 1.54) is 0 Å². The Morgan fingerprint density at radius 1 is 0.311 bits per heavy atom. The summed E-state index contributed by atoms with van der Waals surface area (Å²) in [6.45, 7) is 0. The quantitative estimate of drug-likeness (QED) is 0.0935. The molecule has 0 N–H and O–H groups in total. The summed E-state index contributed by atoms with van der Waals surface area (Å²) in [6.07, 6.45) is 17.0. The lowest BCUT2D eigenvalue weighted by atomic mass is 10.1. The zero-order chi connectivity index (χ0) is 58.0. The van der Waals surface area contributed by atoms with Crippen molar-refractivity contribution in [3.63, 3.8) is 0 Å². The van der Waals surface area contributed by atoms with Crippen LogP contribution in [0.15, 0.2) is 110 Å². The summed E-state index contributed by atoms with van der Waals surface area (Å²) in [6, 6.07) is 21.7. The maximum Gasteiger partial charge on any atom is 0.485 e. The minimum absolute atomic E-state index is 1.07. The van der Waals surface area contributed by atoms with Crippen molar-refractivity contribution >= 4 is 63.2 Å². The number of hydrogen-bond acceptors (Lipinski definition) is 16. The molecule has 4 heterocycles. The average Bonchev–Trinajstić information content (AvgIpc) is 3.24. The molecule has 1 aromatic carbocycles. The van der Waals surface area contributed by atoms with E-state index in [2.05, 4.69) is 204 Å². The molecule has 0 radical (unpaired) electrons. The number of rotatable bonds is 8. The maximum absolute atomic E-state index is 10.7. The van der Waals surface area contributed by atoms with Gasteiger partial charge in [0.15, 0.2) is 90.0 Å². The summed E-state index contributed by atoms with van der Waals surface area (Å²) in [4.78, 5) is 8.46. The third-order valence-electron chi connectivity index (χ3n) is 8.63. The molecule has 0 unspecified atom stereocenters. The first-order valence-electron chi connectivity index (χ1n) is 19.1. The number of benzene rings is 1. The van der Waals surface area contributed by atoms with Crippen LogP contribution < -0.4 is 37.9 Å². The van der Waals surface area contributed by atoms with Crippen molar-refractivity contribution < 1.29 is 123 Å². The van der Waals surface area contributed by atoms with Crippen LogP contribution in [0.3, 0.4) is 0 Å². The summed E-state index contributed by atoms with van der Waals surface area (Å²) < 4.78 is 244. The van der Waals surface area contributed by atoms with Crippen molar-refractivity contribution in [1.82, 2.24) is 0 Å². The Hall–Kier alpha value is -6.18. The number of alkyl halides is 12. The average molecular weight is 1160 g/mol. The van der Waals surface area contributed by atoms with Crippen LogP contribution >= 0.6 is 0 Å². The standard InChI is InChI=1S/C34H42N8.4CHF3O3S/c1-35(2)27-9-17-39(18-10-27)31-25-33(41-21-13-29(14-22-41)37(5)6)34(42-23-15-30(16-24-42)38(7)8)26-32(31)40-19-11-28(12-20-40)36(3)4;4*2-1(3,4)8(5,6)7/h9-26H,1-8H3;4*(H,5,6,7)/q+4;;;;/p-4. The predicted octanol–water partition coefficient (Wildman–Crippen LogP) is 3.26. The van der Waals surface area contributed by atoms with Crippen molar-refractivity contribution in [2.24, 2.45) is 0 Å². The molecular weight excluding hydrogens is 1120 g/mol. The Labute approximate surface area is 415 Å². The van der Waals surface area contributed by atoms with Crippen LogP contribution in [0.2, 0.25) is 0 Å². The van der Waals surface area contributed by atoms with Gasteiger partial charge in [-0.15, -0.1) is 0 Å². The van der Waals surface area contributed by atoms with Gasteiger partial charge < -0.3 is 37.8 Å². The van der Waals surface area contributed by atoms with Gasteiger partial charge >= 0.3 is 22.0 Å². The molecule has 0 amide bonds. The van der Waals surface area contributed by atoms with Gasteiger partial charge in [-0.1, -0.05) is 0 Å². The van der Waals surface area contributed by atoms with E-state index < -0.39 is 62.5 Å². The van der Waals surface area contributed by atoms with E-state index in [9.17, 15) is 52.7 Å². The van der Waals surface area contributed by atoms with Gasteiger partial charge in [0.2, 0.25) is 0 Å². The molecule has 5 aromatic rings. The SMILES string of the molecule is CN(C)c1cc[n+](-c2cc(-[n+]3ccc(N(C)C)cc3)c(-[n+]3ccc(N(C)C)cc3)cc2-[n+]2ccc(N(C)C)cc2)cc1.O=S(=O)([O-])C(F)(F)F.O=S(=O)([O-])C(F)(F)F.O=S(=O)([O-])C(F)(F)F.O=S(=O)([O-])C(F)(F)F. The Morgan fingerprint density at radius 2 is 0.419 bits per heavy atom. The third kappa shape index (κ3) is 19.9. The Morgan fingerprint density at radius 3 is 0.500 bits per heavy atom. The predicted molar refractivity (Wildman–Crippen MR) is 233 cm³/mol. The van der Waals surface area contributed by atoms with E-state index in [1.807, 2.05) is 0 Å². The fourth-order valence-corrected chi connectivity index (χ4v) is 4.89. The fourth-order valence-electron chi connectivity index (χ4n) is 4.89. The molecule has 0 aliphatic carbocycles. The van der Waals surface area contributed by atoms with Gasteiger partial charge in [-0.05, 0) is 0 Å². The zero-order valence-electron chi connectivity index (χ0n) is 39.0. The molecule has 36 heteroatoms. The van der Waals surface area contributed by atoms with Gasteiger partial charge in [-0.25, -0.2) is 33.7 Å². The highest BCUT2D eigenvalue weighted by atomic mass is 32.2. The lowest BCUT2D eigenvalue weighted by Gasteiger charge is -2.12. The van der Waals surface area contributed by atoms with Gasteiger partial charge in [0, 0.05) is 128 Å². The number of pyridine rings is 4. The topological polar surface area (TPSA) is 257 Å². The Balaban J connectivity index is 0.000000689. The van der Waals surface area contributed by atoms with Crippen molar-refractivity contribution in [2.45, 2.75) is 22.0 Å². The molecular formula is C38H42F12N8O12S4. The second kappa shape index (κ2) is 24.9. The van der Waals surface area contributed by atoms with Gasteiger partial charge in [0.1, 0.15) is 0 Å². The van der Waals surface area contributed by atoms with Crippen molar-refractivity contribution in [3.05, 3.63) is 110 Å². The molecule has 4 aromatic heterocycles. The molecule has 0 saturated heterocycles. The van der Waals surface area contributed by atoms with E-state index in [1.54, 1.807) is 0 Å². The first-order chi connectivity index (χ1) is 33.1. The van der Waals surface area contributed by atoms with Gasteiger partial charge in [-0.2, -0.15) is 71.0 Å². The largest absolute Gasteiger partial charge is 0.741 e. The number of aromatic nitrogens is 4. The maximum atomic E-state index is 10.7. The van der Waals surface area contributed by atoms with Crippen molar-refractivity contribution in [2.75, 3.05) is 76.0 Å². The summed E-state index contributed by atoms with van der Waals surface area (Å²) >= 11 is 0. The van der Waals surface area contributed by atoms with E-state index in [0.717, 1.165) is 45.5 Å². The lowest BCUT2D eigenvalue weighted by molar-refractivity contribution is -0.644. The van der Waals surface area contributed by atoms with Crippen LogP contribution in [0.25, 0.3) is 22.7 Å². The summed E-state index contributed by atoms with van der Waals surface area (Å²) in [7, 11) is -7.86. The first-order valence-corrected chi connectivity index (χ1v) is 24.8. The summed E-state index contributed by atoms with van der Waals surface area (Å²) in [5.74, 6) is 0. The number of hydrogen-bond donors (Lipinski definition) is 0. The van der Waals surface area contributed by atoms with Crippen molar-refractivity contribution in [3.8, 4) is 22.7 Å². The molecule has 20 nitrogen and oxygen atoms in total. The Kier molecular flexibility index (Phi) is 22.2. The zero-order valence-corrected chi connectivity index (χ0v) is 42.3. The van der Waals surface area contributed by atoms with E-state index in [-0.39, 0.29) is 0 Å². The lowest BCUT2D eigenvalue weighted by Crippen LogP contribution is -2.44. The number of anilines is 4. The minimum atomic E-state index is -6.09. The molecule has 0 bridgehead atoms.